The lowest BCUT2D eigenvalue weighted by molar-refractivity contribution is -0.907. The predicted molar refractivity (Wildman–Crippen MR) is 313 cm³/mol. The van der Waals surface area contributed by atoms with Crippen LogP contribution in [-0.4, -0.2) is 190 Å². The number of anilines is 2. The molecule has 0 unspecified atom stereocenters. The molecule has 0 bridgehead atoms. The second-order valence-corrected chi connectivity index (χ2v) is 22.6. The molecule has 1 aliphatic heterocycles. The summed E-state index contributed by atoms with van der Waals surface area (Å²) in [4.78, 5) is 77.0. The Hall–Kier alpha value is -6.83. The van der Waals surface area contributed by atoms with E-state index >= 15 is 4.79 Å². The number of benzene rings is 1. The van der Waals surface area contributed by atoms with Crippen LogP contribution in [0.2, 0.25) is 0 Å². The summed E-state index contributed by atoms with van der Waals surface area (Å²) >= 11 is 0. The molecule has 2 fully saturated rings. The number of nitrogens with one attached hydrogen (secondary N) is 3. The van der Waals surface area contributed by atoms with Gasteiger partial charge in [-0.25, -0.2) is 9.97 Å². The number of hydrogen-bond donors (Lipinski definition) is 6. The second-order valence-electron chi connectivity index (χ2n) is 22.6. The number of carboxylic acid groups (broad SMARTS) is 1. The molecule has 1 saturated carbocycles. The van der Waals surface area contributed by atoms with E-state index in [0.29, 0.717) is 144 Å². The number of amides is 4. The van der Waals surface area contributed by atoms with Crippen molar-refractivity contribution in [3.8, 4) is 11.6 Å². The largest absolute Gasteiger partial charge is 0.497 e. The summed E-state index contributed by atoms with van der Waals surface area (Å²) in [6.07, 6.45) is 8.63. The third-order valence-electron chi connectivity index (χ3n) is 15.1. The highest BCUT2D eigenvalue weighted by Gasteiger charge is 2.35. The van der Waals surface area contributed by atoms with Gasteiger partial charge in [0.05, 0.1) is 117 Å². The first-order valence-corrected chi connectivity index (χ1v) is 29.1. The molecule has 24 nitrogen and oxygen atoms in total. The molecule has 8 N–H and O–H groups in total. The first-order chi connectivity index (χ1) is 40.0. The maximum absolute atomic E-state index is 15.0. The number of rotatable bonds is 39. The molecular formula is C59H90N13O11+. The van der Waals surface area contributed by atoms with E-state index in [4.69, 9.17) is 40.1 Å². The van der Waals surface area contributed by atoms with Crippen molar-refractivity contribution in [3.63, 3.8) is 0 Å². The van der Waals surface area contributed by atoms with Gasteiger partial charge in [0.15, 0.2) is 0 Å². The molecule has 83 heavy (non-hydrogen) atoms. The van der Waals surface area contributed by atoms with Crippen LogP contribution in [0.5, 0.6) is 11.6 Å². The maximum atomic E-state index is 15.0. The van der Waals surface area contributed by atoms with Crippen LogP contribution in [0, 0.1) is 24.2 Å². The number of ether oxygens (including phenoxy) is 5. The van der Waals surface area contributed by atoms with E-state index in [2.05, 4.69) is 50.0 Å². The molecule has 0 spiro atoms. The predicted octanol–water partition coefficient (Wildman–Crippen LogP) is 3.45. The smallest absolute Gasteiger partial charge is 0.303 e. The fourth-order valence-corrected chi connectivity index (χ4v) is 10.00. The van der Waals surface area contributed by atoms with Crippen molar-refractivity contribution in [1.82, 2.24) is 40.9 Å². The van der Waals surface area contributed by atoms with Crippen molar-refractivity contribution in [3.05, 3.63) is 83.4 Å². The lowest BCUT2D eigenvalue weighted by Crippen LogP contribution is -2.52. The Labute approximate surface area is 488 Å². The van der Waals surface area contributed by atoms with Crippen LogP contribution >= 0.6 is 0 Å². The molecule has 1 aromatic carbocycles. The Morgan fingerprint density at radius 1 is 0.855 bits per heavy atom. The molecule has 2 aliphatic rings. The van der Waals surface area contributed by atoms with E-state index in [1.165, 1.54) is 0 Å². The van der Waals surface area contributed by atoms with Crippen LogP contribution in [-0.2, 0) is 46.5 Å². The molecule has 4 aromatic rings. The van der Waals surface area contributed by atoms with Gasteiger partial charge in [-0.2, -0.15) is 0 Å². The molecule has 1 saturated heterocycles. The SMILES string of the molecule is COc1ccc(C(=O)N(CC(C)(C)CCn2cc(COCCOCCOCC(=O)NCC[N+](C)(CCC(=O)NCCN)CCC(=O)NCCN)nn2)c2cccc(C)n2)c(N2CCC(COc3cc([C@@H](CC(=O)O)C4CC4)ccn3)CC2)c1. The van der Waals surface area contributed by atoms with Crippen molar-refractivity contribution in [2.45, 2.75) is 91.2 Å². The second kappa shape index (κ2) is 33.5. The number of pyridine rings is 2. The van der Waals surface area contributed by atoms with Crippen LogP contribution in [0.4, 0.5) is 11.5 Å². The van der Waals surface area contributed by atoms with Gasteiger partial charge in [-0.15, -0.1) is 5.10 Å². The summed E-state index contributed by atoms with van der Waals surface area (Å²) in [5.41, 5.74) is 14.4. The van der Waals surface area contributed by atoms with E-state index in [9.17, 15) is 24.3 Å². The van der Waals surface area contributed by atoms with E-state index in [-0.39, 0.29) is 86.6 Å². The van der Waals surface area contributed by atoms with Gasteiger partial charge in [0.25, 0.3) is 5.91 Å². The number of aromatic nitrogens is 5. The summed E-state index contributed by atoms with van der Waals surface area (Å²) in [5.74, 6) is 0.891. The number of nitrogens with two attached hydrogens (primary N) is 2. The summed E-state index contributed by atoms with van der Waals surface area (Å²) in [6.45, 7) is 13.5. The molecule has 6 rings (SSSR count). The summed E-state index contributed by atoms with van der Waals surface area (Å²) < 4.78 is 31.1. The minimum absolute atomic E-state index is 0.0328. The van der Waals surface area contributed by atoms with Crippen LogP contribution in [0.3, 0.4) is 0 Å². The van der Waals surface area contributed by atoms with Crippen LogP contribution in [0.25, 0.3) is 0 Å². The van der Waals surface area contributed by atoms with Crippen LogP contribution in [0.1, 0.15) is 98.4 Å². The maximum Gasteiger partial charge on any atom is 0.303 e. The van der Waals surface area contributed by atoms with E-state index in [1.807, 2.05) is 68.7 Å². The number of hydrogen-bond acceptors (Lipinski definition) is 17. The van der Waals surface area contributed by atoms with Gasteiger partial charge in [-0.05, 0) is 98.1 Å². The number of carbonyl (C=O) groups excluding carboxylic acids is 4. The van der Waals surface area contributed by atoms with Crippen molar-refractivity contribution in [2.75, 3.05) is 136 Å². The minimum Gasteiger partial charge on any atom is -0.497 e. The van der Waals surface area contributed by atoms with Gasteiger partial charge in [0.1, 0.15) is 23.9 Å². The number of aryl methyl sites for hydroxylation is 2. The van der Waals surface area contributed by atoms with Crippen molar-refractivity contribution in [1.29, 1.82) is 0 Å². The molecule has 1 aliphatic carbocycles. The van der Waals surface area contributed by atoms with Gasteiger partial charge in [-0.1, -0.05) is 25.1 Å². The van der Waals surface area contributed by atoms with Gasteiger partial charge >= 0.3 is 5.97 Å². The molecule has 0 radical (unpaired) electrons. The Bertz CT molecular complexity index is 2660. The van der Waals surface area contributed by atoms with Crippen molar-refractivity contribution < 1.29 is 57.2 Å². The molecule has 4 heterocycles. The zero-order valence-corrected chi connectivity index (χ0v) is 49.4. The molecule has 24 heteroatoms. The van der Waals surface area contributed by atoms with Crippen molar-refractivity contribution >= 4 is 41.1 Å². The molecule has 4 amide bonds. The van der Waals surface area contributed by atoms with Gasteiger partial charge < -0.3 is 65.6 Å². The Morgan fingerprint density at radius 3 is 2.20 bits per heavy atom. The highest BCUT2D eigenvalue weighted by atomic mass is 16.5. The lowest BCUT2D eigenvalue weighted by atomic mass is 9.88. The van der Waals surface area contributed by atoms with Crippen molar-refractivity contribution in [2.24, 2.45) is 28.7 Å². The monoisotopic (exact) mass is 1160 g/mol. The Balaban J connectivity index is 0.917. The highest BCUT2D eigenvalue weighted by Crippen LogP contribution is 2.45. The van der Waals surface area contributed by atoms with E-state index in [1.54, 1.807) is 22.9 Å². The summed E-state index contributed by atoms with van der Waals surface area (Å²) in [5, 5.41) is 26.6. The number of piperidine rings is 1. The lowest BCUT2D eigenvalue weighted by Gasteiger charge is -2.36. The normalized spacial score (nSPS) is 14.2. The fraction of sp³-hybridized carbons (Fsp3) is 0.610. The zero-order chi connectivity index (χ0) is 59.6. The minimum atomic E-state index is -0.796. The summed E-state index contributed by atoms with van der Waals surface area (Å²) in [7, 11) is 3.58. The zero-order valence-electron chi connectivity index (χ0n) is 49.4. The first kappa shape index (κ1) is 65.3. The van der Waals surface area contributed by atoms with Gasteiger partial charge in [0.2, 0.25) is 23.6 Å². The molecule has 3 aromatic heterocycles. The number of quaternary nitrogens is 1. The fourth-order valence-electron chi connectivity index (χ4n) is 10.00. The van der Waals surface area contributed by atoms with Gasteiger partial charge in [0, 0.05) is 76.4 Å². The molecular weight excluding hydrogens is 1070 g/mol. The number of carbonyl (C=O) groups is 5. The quantitative estimate of drug-likeness (QED) is 0.0275. The number of nitrogens with zero attached hydrogens (tertiary/aromatic N) is 8. The molecule has 1 atom stereocenters. The van der Waals surface area contributed by atoms with E-state index < -0.39 is 5.97 Å². The topological polar surface area (TPSA) is 303 Å². The van der Waals surface area contributed by atoms with Crippen LogP contribution < -0.4 is 46.7 Å². The third kappa shape index (κ3) is 22.7. The van der Waals surface area contributed by atoms with E-state index in [0.717, 1.165) is 42.6 Å². The Kier molecular flexibility index (Phi) is 26.3. The highest BCUT2D eigenvalue weighted by molar-refractivity contribution is 6.09. The number of methoxy groups -OCH3 is 1. The van der Waals surface area contributed by atoms with Crippen LogP contribution in [0.15, 0.2) is 60.9 Å². The van der Waals surface area contributed by atoms with Gasteiger partial charge in [-0.3, -0.25) is 33.6 Å². The summed E-state index contributed by atoms with van der Waals surface area (Å²) in [6, 6.07) is 15.1. The average Bonchev–Trinajstić information content (AvgIpc) is 4.25. The number of carboxylic acids is 1. The average molecular weight is 1160 g/mol. The standard InChI is InChI=1S/C59H89N13O11/c1-43-7-6-8-52(66-43)71(58(78)49-12-11-48(79-5)36-51(49)69-25-14-44(15-26-69)39-83-56-35-46(13-21-65-56)50(37-57(76)77)45-9-10-45)42-59(2,3)18-27-70-38-47(67-68-70)40-81-33-31-80-32-34-82-41-55(75)64-24-30-72(4,28-16-53(73)62-22-19-60)29-17-54(74)63-23-20-61/h6-8,11-13,21,35-36,38,44-45,50H,9-10,14-20,22-34,37,39-42,60-61H2,1-5H3,(H3-,62,63,64,73,74,75,76,77)/p+1/t50-/m0/s1. The number of likely N-dealkylation sites (N-methyl/N-ethyl adjacent to an activating group) is 1. The first-order valence-electron chi connectivity index (χ1n) is 29.1. The number of aliphatic carboxylic acids is 1. The molecule has 456 valence electrons. The third-order valence-corrected chi connectivity index (χ3v) is 15.1. The Morgan fingerprint density at radius 2 is 1.54 bits per heavy atom.